The lowest BCUT2D eigenvalue weighted by atomic mass is 10.1. The molecule has 6 nitrogen and oxygen atoms in total. The normalized spacial score (nSPS) is 24.4. The first-order valence-electron chi connectivity index (χ1n) is 7.59. The first-order chi connectivity index (χ1) is 9.98. The summed E-state index contributed by atoms with van der Waals surface area (Å²) in [6.45, 7) is 3.60. The Morgan fingerprint density at radius 2 is 2.14 bits per heavy atom. The molecular weight excluding hydrogens is 290 g/mol. The molecule has 1 aromatic rings. The lowest BCUT2D eigenvalue weighted by Crippen LogP contribution is -2.43. The summed E-state index contributed by atoms with van der Waals surface area (Å²) in [4.78, 5) is 0.313. The molecular formula is C14H23N3O3S. The molecule has 21 heavy (non-hydrogen) atoms. The van der Waals surface area contributed by atoms with Gasteiger partial charge in [-0.1, -0.05) is 0 Å². The Bertz CT molecular complexity index is 607. The Hall–Kier alpha value is -0.920. The monoisotopic (exact) mass is 313 g/mol. The van der Waals surface area contributed by atoms with E-state index in [9.17, 15) is 8.42 Å². The Morgan fingerprint density at radius 1 is 1.38 bits per heavy atom. The van der Waals surface area contributed by atoms with Crippen LogP contribution in [0.1, 0.15) is 31.4 Å². The van der Waals surface area contributed by atoms with Gasteiger partial charge in [-0.15, -0.1) is 0 Å². The van der Waals surface area contributed by atoms with Crippen molar-refractivity contribution in [2.45, 2.75) is 43.6 Å². The van der Waals surface area contributed by atoms with Crippen molar-refractivity contribution < 1.29 is 13.2 Å². The second-order valence-corrected chi connectivity index (χ2v) is 8.03. The Morgan fingerprint density at radius 3 is 2.76 bits per heavy atom. The third-order valence-corrected chi connectivity index (χ3v) is 6.38. The largest absolute Gasteiger partial charge is 0.377 e. The highest BCUT2D eigenvalue weighted by molar-refractivity contribution is 7.89. The van der Waals surface area contributed by atoms with Gasteiger partial charge in [0, 0.05) is 26.7 Å². The summed E-state index contributed by atoms with van der Waals surface area (Å²) in [5.41, 5.74) is 0.677. The molecule has 2 fully saturated rings. The van der Waals surface area contributed by atoms with Gasteiger partial charge in [-0.05, 0) is 38.5 Å². The number of aryl methyl sites for hydroxylation is 1. The van der Waals surface area contributed by atoms with Crippen molar-refractivity contribution in [2.75, 3.05) is 19.7 Å². The molecule has 0 spiro atoms. The van der Waals surface area contributed by atoms with Gasteiger partial charge in [-0.25, -0.2) is 8.42 Å². The topological polar surface area (TPSA) is 64.4 Å². The average Bonchev–Trinajstić information content (AvgIpc) is 3.23. The maximum absolute atomic E-state index is 12.7. The predicted molar refractivity (Wildman–Crippen MR) is 78.4 cm³/mol. The molecule has 0 bridgehead atoms. The highest BCUT2D eigenvalue weighted by Crippen LogP contribution is 2.30. The van der Waals surface area contributed by atoms with E-state index in [1.807, 2.05) is 0 Å². The number of rotatable bonds is 5. The molecule has 118 valence electrons. The summed E-state index contributed by atoms with van der Waals surface area (Å²) >= 11 is 0. The van der Waals surface area contributed by atoms with E-state index < -0.39 is 10.0 Å². The van der Waals surface area contributed by atoms with Crippen LogP contribution < -0.4 is 0 Å². The van der Waals surface area contributed by atoms with Crippen LogP contribution in [0.25, 0.3) is 0 Å². The van der Waals surface area contributed by atoms with Crippen LogP contribution in [0.5, 0.6) is 0 Å². The molecule has 0 N–H and O–H groups in total. The van der Waals surface area contributed by atoms with E-state index in [2.05, 4.69) is 5.10 Å². The third kappa shape index (κ3) is 3.14. The highest BCUT2D eigenvalue weighted by atomic mass is 32.2. The van der Waals surface area contributed by atoms with E-state index in [-0.39, 0.29) is 6.10 Å². The van der Waals surface area contributed by atoms with E-state index in [0.717, 1.165) is 19.4 Å². The first kappa shape index (κ1) is 15.0. The summed E-state index contributed by atoms with van der Waals surface area (Å²) in [5, 5.41) is 4.04. The van der Waals surface area contributed by atoms with Crippen molar-refractivity contribution in [3.63, 3.8) is 0 Å². The van der Waals surface area contributed by atoms with Gasteiger partial charge in [0.05, 0.1) is 18.0 Å². The molecule has 1 aromatic heterocycles. The first-order valence-corrected chi connectivity index (χ1v) is 9.03. The molecule has 0 aromatic carbocycles. The summed E-state index contributed by atoms with van der Waals surface area (Å²) in [5.74, 6) is 0.706. The van der Waals surface area contributed by atoms with Crippen molar-refractivity contribution in [2.24, 2.45) is 13.0 Å². The van der Waals surface area contributed by atoms with Crippen LogP contribution in [0.2, 0.25) is 0 Å². The molecule has 1 unspecified atom stereocenters. The van der Waals surface area contributed by atoms with Crippen LogP contribution in [0.4, 0.5) is 0 Å². The molecule has 0 amide bonds. The molecule has 1 aliphatic heterocycles. The predicted octanol–water partition coefficient (Wildman–Crippen LogP) is 1.31. The van der Waals surface area contributed by atoms with Gasteiger partial charge >= 0.3 is 0 Å². The number of ether oxygens (including phenoxy) is 1. The SMILES string of the molecule is Cc1c(S(=O)(=O)N2CCCC(OCC3CC3)C2)cnn1C. The molecule has 7 heteroatoms. The molecule has 1 saturated carbocycles. The van der Waals surface area contributed by atoms with E-state index in [1.54, 1.807) is 23.0 Å². The third-order valence-electron chi connectivity index (χ3n) is 4.41. The minimum absolute atomic E-state index is 0.0334. The van der Waals surface area contributed by atoms with Crippen LogP contribution >= 0.6 is 0 Å². The van der Waals surface area contributed by atoms with Crippen molar-refractivity contribution >= 4 is 10.0 Å². The zero-order valence-electron chi connectivity index (χ0n) is 12.7. The zero-order chi connectivity index (χ0) is 15.0. The van der Waals surface area contributed by atoms with Crippen molar-refractivity contribution in [1.29, 1.82) is 0 Å². The van der Waals surface area contributed by atoms with Gasteiger partial charge in [0.15, 0.2) is 0 Å². The Balaban J connectivity index is 1.70. The summed E-state index contributed by atoms with van der Waals surface area (Å²) < 4.78 is 34.5. The maximum atomic E-state index is 12.7. The second-order valence-electron chi connectivity index (χ2n) is 6.12. The number of sulfonamides is 1. The lowest BCUT2D eigenvalue weighted by Gasteiger charge is -2.31. The van der Waals surface area contributed by atoms with Gasteiger partial charge in [-0.3, -0.25) is 4.68 Å². The minimum atomic E-state index is -3.46. The molecule has 1 saturated heterocycles. The quantitative estimate of drug-likeness (QED) is 0.822. The van der Waals surface area contributed by atoms with Crippen molar-refractivity contribution in [1.82, 2.24) is 14.1 Å². The fourth-order valence-corrected chi connectivity index (χ4v) is 4.38. The summed E-state index contributed by atoms with van der Waals surface area (Å²) in [6.07, 6.45) is 5.79. The summed E-state index contributed by atoms with van der Waals surface area (Å²) in [6, 6.07) is 0. The molecule has 0 radical (unpaired) electrons. The van der Waals surface area contributed by atoms with Crippen LogP contribution in [0.3, 0.4) is 0 Å². The highest BCUT2D eigenvalue weighted by Gasteiger charge is 2.33. The Kier molecular flexibility index (Phi) is 4.07. The zero-order valence-corrected chi connectivity index (χ0v) is 13.5. The standard InChI is InChI=1S/C14H23N3O3S/c1-11-14(8-15-16(11)2)21(18,19)17-7-3-4-13(9-17)20-10-12-5-6-12/h8,12-13H,3-7,9-10H2,1-2H3. The van der Waals surface area contributed by atoms with Gasteiger partial charge in [0.1, 0.15) is 4.90 Å². The molecule has 1 atom stereocenters. The molecule has 2 heterocycles. The van der Waals surface area contributed by atoms with Crippen molar-refractivity contribution in [3.8, 4) is 0 Å². The van der Waals surface area contributed by atoms with Gasteiger partial charge in [-0.2, -0.15) is 9.40 Å². The number of nitrogens with zero attached hydrogens (tertiary/aromatic N) is 3. The van der Waals surface area contributed by atoms with Crippen LogP contribution in [0, 0.1) is 12.8 Å². The van der Waals surface area contributed by atoms with E-state index in [1.165, 1.54) is 19.0 Å². The van der Waals surface area contributed by atoms with Crippen LogP contribution in [-0.4, -0.2) is 48.3 Å². The van der Waals surface area contributed by atoms with Crippen LogP contribution in [0.15, 0.2) is 11.1 Å². The number of aromatic nitrogens is 2. The minimum Gasteiger partial charge on any atom is -0.377 e. The van der Waals surface area contributed by atoms with Gasteiger partial charge in [0.2, 0.25) is 10.0 Å². The van der Waals surface area contributed by atoms with Gasteiger partial charge < -0.3 is 4.74 Å². The van der Waals surface area contributed by atoms with E-state index >= 15 is 0 Å². The van der Waals surface area contributed by atoms with E-state index in [4.69, 9.17) is 4.74 Å². The van der Waals surface area contributed by atoms with E-state index in [0.29, 0.717) is 29.6 Å². The van der Waals surface area contributed by atoms with Crippen molar-refractivity contribution in [3.05, 3.63) is 11.9 Å². The number of hydrogen-bond donors (Lipinski definition) is 0. The molecule has 3 rings (SSSR count). The van der Waals surface area contributed by atoms with Crippen LogP contribution in [-0.2, 0) is 21.8 Å². The Labute approximate surface area is 126 Å². The molecule has 1 aliphatic carbocycles. The average molecular weight is 313 g/mol. The number of hydrogen-bond acceptors (Lipinski definition) is 4. The van der Waals surface area contributed by atoms with Gasteiger partial charge in [0.25, 0.3) is 0 Å². The second kappa shape index (κ2) is 5.70. The number of piperidine rings is 1. The fourth-order valence-electron chi connectivity index (χ4n) is 2.69. The smallest absolute Gasteiger partial charge is 0.246 e. The summed E-state index contributed by atoms with van der Waals surface area (Å²) in [7, 11) is -1.70. The fraction of sp³-hybridized carbons (Fsp3) is 0.786. The molecule has 2 aliphatic rings. The maximum Gasteiger partial charge on any atom is 0.246 e. The lowest BCUT2D eigenvalue weighted by molar-refractivity contribution is 0.0133.